The molecule has 0 heterocycles. The lowest BCUT2D eigenvalue weighted by Gasteiger charge is -2.22. The maximum Gasteiger partial charge on any atom is 0.220 e. The van der Waals surface area contributed by atoms with Crippen molar-refractivity contribution in [3.8, 4) is 0 Å². The summed E-state index contributed by atoms with van der Waals surface area (Å²) in [6, 6.07) is 0.200. The van der Waals surface area contributed by atoms with Gasteiger partial charge in [-0.25, -0.2) is 0 Å². The van der Waals surface area contributed by atoms with Crippen LogP contribution < -0.4 is 5.32 Å². The molecule has 0 spiro atoms. The van der Waals surface area contributed by atoms with E-state index in [0.29, 0.717) is 6.42 Å². The number of amides is 1. The van der Waals surface area contributed by atoms with E-state index in [-0.39, 0.29) is 11.9 Å². The van der Waals surface area contributed by atoms with Crippen LogP contribution in [-0.2, 0) is 4.79 Å². The van der Waals surface area contributed by atoms with Gasteiger partial charge in [0.25, 0.3) is 0 Å². The smallest absolute Gasteiger partial charge is 0.220 e. The quantitative estimate of drug-likeness (QED) is 0.0700. The highest BCUT2D eigenvalue weighted by Crippen LogP contribution is 2.23. The zero-order valence-electron chi connectivity index (χ0n) is 24.3. The van der Waals surface area contributed by atoms with Gasteiger partial charge in [-0.15, -0.1) is 0 Å². The third-order valence-corrected chi connectivity index (χ3v) is 8.10. The summed E-state index contributed by atoms with van der Waals surface area (Å²) in [6.45, 7) is 5.29. The van der Waals surface area contributed by atoms with Crippen molar-refractivity contribution >= 4 is 27.5 Å². The summed E-state index contributed by atoms with van der Waals surface area (Å²) in [5.74, 6) is 2.28. The fourth-order valence-corrected chi connectivity index (χ4v) is 5.90. The lowest BCUT2D eigenvalue weighted by molar-refractivity contribution is -0.121. The minimum absolute atomic E-state index is 0.179. The zero-order chi connectivity index (χ0) is 27.2. The SMILES string of the molecule is CC/C=C/C/C=C/C/C=C/CCCC(=O)NC(CSSCCC/C=C/C/C=C/CCCCC)CN(C)C. The largest absolute Gasteiger partial charge is 0.351 e. The van der Waals surface area contributed by atoms with E-state index in [2.05, 4.69) is 98.9 Å². The van der Waals surface area contributed by atoms with Crippen molar-refractivity contribution in [1.82, 2.24) is 10.2 Å². The van der Waals surface area contributed by atoms with Crippen molar-refractivity contribution in [2.24, 2.45) is 0 Å². The molecule has 0 aliphatic heterocycles. The van der Waals surface area contributed by atoms with E-state index < -0.39 is 0 Å². The molecule has 0 rings (SSSR count). The fraction of sp³-hybridized carbons (Fsp3) is 0.656. The highest BCUT2D eigenvalue weighted by molar-refractivity contribution is 8.76. The molecule has 37 heavy (non-hydrogen) atoms. The third kappa shape index (κ3) is 29.2. The van der Waals surface area contributed by atoms with Gasteiger partial charge < -0.3 is 10.2 Å². The predicted molar refractivity (Wildman–Crippen MR) is 172 cm³/mol. The highest BCUT2D eigenvalue weighted by Gasteiger charge is 2.13. The number of nitrogens with zero attached hydrogens (tertiary/aromatic N) is 1. The van der Waals surface area contributed by atoms with Gasteiger partial charge in [0.05, 0.1) is 6.04 Å². The van der Waals surface area contributed by atoms with Crippen molar-refractivity contribution < 1.29 is 4.79 Å². The average Bonchev–Trinajstić information content (AvgIpc) is 2.87. The molecular formula is C32H56N2OS2. The number of allylic oxidation sites excluding steroid dienone is 10. The van der Waals surface area contributed by atoms with Gasteiger partial charge in [-0.1, -0.05) is 109 Å². The molecule has 5 heteroatoms. The first-order valence-electron chi connectivity index (χ1n) is 14.5. The summed E-state index contributed by atoms with van der Waals surface area (Å²) in [4.78, 5) is 14.6. The molecule has 0 radical (unpaired) electrons. The van der Waals surface area contributed by atoms with Crippen molar-refractivity contribution in [1.29, 1.82) is 0 Å². The lowest BCUT2D eigenvalue weighted by Crippen LogP contribution is -2.43. The van der Waals surface area contributed by atoms with Gasteiger partial charge in [0.2, 0.25) is 5.91 Å². The van der Waals surface area contributed by atoms with E-state index in [1.807, 2.05) is 21.6 Å². The second-order valence-electron chi connectivity index (χ2n) is 9.64. The second-order valence-corrected chi connectivity index (χ2v) is 12.3. The van der Waals surface area contributed by atoms with Crippen LogP contribution >= 0.6 is 21.6 Å². The number of hydrogen-bond acceptors (Lipinski definition) is 4. The van der Waals surface area contributed by atoms with Gasteiger partial charge >= 0.3 is 0 Å². The molecule has 1 amide bonds. The van der Waals surface area contributed by atoms with Gasteiger partial charge in [0.15, 0.2) is 0 Å². The standard InChI is InChI=1S/C32H56N2OS2/c1-5-7-9-11-13-15-17-19-21-23-25-27-32(35)33-31(29-34(3)4)30-37-36-28-26-24-22-20-18-16-14-12-10-8-6-2/h7,9,13-16,19-22,31H,5-6,8,10-12,17-18,23-30H2,1-4H3,(H,33,35)/b9-7+,15-13+,16-14+,21-19+,22-20+. The number of likely N-dealkylation sites (N-methyl/N-ethyl adjacent to an activating group) is 1. The lowest BCUT2D eigenvalue weighted by atomic mass is 10.2. The molecule has 0 aromatic rings. The van der Waals surface area contributed by atoms with Gasteiger partial charge in [0, 0.05) is 24.5 Å². The summed E-state index contributed by atoms with van der Waals surface area (Å²) >= 11 is 0. The number of nitrogens with one attached hydrogen (secondary N) is 1. The molecule has 212 valence electrons. The Balaban J connectivity index is 3.90. The fourth-order valence-electron chi connectivity index (χ4n) is 3.56. The van der Waals surface area contributed by atoms with Crippen LogP contribution in [0.15, 0.2) is 60.8 Å². The molecule has 0 saturated carbocycles. The normalized spacial score (nSPS) is 13.4. The number of hydrogen-bond donors (Lipinski definition) is 1. The zero-order valence-corrected chi connectivity index (χ0v) is 26.0. The van der Waals surface area contributed by atoms with Crippen molar-refractivity contribution in [2.45, 2.75) is 103 Å². The first kappa shape index (κ1) is 35.8. The Morgan fingerprint density at radius 2 is 1.30 bits per heavy atom. The maximum atomic E-state index is 12.4. The van der Waals surface area contributed by atoms with E-state index in [0.717, 1.165) is 63.0 Å². The van der Waals surface area contributed by atoms with Gasteiger partial charge in [-0.05, 0) is 78.3 Å². The molecule has 1 N–H and O–H groups in total. The van der Waals surface area contributed by atoms with Gasteiger partial charge in [-0.3, -0.25) is 4.79 Å². The Bertz CT molecular complexity index is 653. The number of rotatable bonds is 25. The number of carbonyl (C=O) groups is 1. The monoisotopic (exact) mass is 548 g/mol. The van der Waals surface area contributed by atoms with E-state index in [9.17, 15) is 4.79 Å². The molecule has 0 aliphatic rings. The first-order chi connectivity index (χ1) is 18.1. The minimum atomic E-state index is 0.179. The van der Waals surface area contributed by atoms with Crippen molar-refractivity contribution in [2.75, 3.05) is 32.1 Å². The van der Waals surface area contributed by atoms with Crippen LogP contribution in [0.4, 0.5) is 0 Å². The van der Waals surface area contributed by atoms with E-state index in [1.54, 1.807) is 0 Å². The Kier molecular flexibility index (Phi) is 28.5. The van der Waals surface area contributed by atoms with Crippen molar-refractivity contribution in [3.05, 3.63) is 60.8 Å². The predicted octanol–water partition coefficient (Wildman–Crippen LogP) is 9.31. The summed E-state index contributed by atoms with van der Waals surface area (Å²) < 4.78 is 0. The Hall–Kier alpha value is -1.17. The van der Waals surface area contributed by atoms with Crippen LogP contribution in [0.25, 0.3) is 0 Å². The summed E-state index contributed by atoms with van der Waals surface area (Å²) in [5, 5.41) is 3.26. The summed E-state index contributed by atoms with van der Waals surface area (Å²) in [6.07, 6.45) is 36.6. The number of carbonyl (C=O) groups excluding carboxylic acids is 1. The Morgan fingerprint density at radius 1 is 0.730 bits per heavy atom. The van der Waals surface area contributed by atoms with Crippen LogP contribution in [0.5, 0.6) is 0 Å². The molecular weight excluding hydrogens is 492 g/mol. The topological polar surface area (TPSA) is 32.3 Å². The van der Waals surface area contributed by atoms with E-state index >= 15 is 0 Å². The summed E-state index contributed by atoms with van der Waals surface area (Å²) in [7, 11) is 7.97. The average molecular weight is 549 g/mol. The second kappa shape index (κ2) is 29.4. The molecule has 0 saturated heterocycles. The Morgan fingerprint density at radius 3 is 1.89 bits per heavy atom. The van der Waals surface area contributed by atoms with Gasteiger partial charge in [-0.2, -0.15) is 0 Å². The summed E-state index contributed by atoms with van der Waals surface area (Å²) in [5.41, 5.74) is 0. The third-order valence-electron chi connectivity index (χ3n) is 5.54. The minimum Gasteiger partial charge on any atom is -0.351 e. The van der Waals surface area contributed by atoms with E-state index in [4.69, 9.17) is 0 Å². The number of unbranched alkanes of at least 4 members (excludes halogenated alkanes) is 5. The Labute approximate surface area is 238 Å². The first-order valence-corrected chi connectivity index (χ1v) is 17.0. The van der Waals surface area contributed by atoms with Gasteiger partial charge in [0.1, 0.15) is 0 Å². The van der Waals surface area contributed by atoms with Crippen LogP contribution in [0, 0.1) is 0 Å². The van der Waals surface area contributed by atoms with Crippen molar-refractivity contribution in [3.63, 3.8) is 0 Å². The maximum absolute atomic E-state index is 12.4. The van der Waals surface area contributed by atoms with Crippen LogP contribution in [0.3, 0.4) is 0 Å². The highest BCUT2D eigenvalue weighted by atomic mass is 33.1. The molecule has 3 nitrogen and oxygen atoms in total. The molecule has 0 aromatic heterocycles. The van der Waals surface area contributed by atoms with Crippen LogP contribution in [-0.4, -0.2) is 49.0 Å². The molecule has 0 aliphatic carbocycles. The van der Waals surface area contributed by atoms with Crippen LogP contribution in [0.1, 0.15) is 97.3 Å². The molecule has 1 atom stereocenters. The molecule has 1 unspecified atom stereocenters. The van der Waals surface area contributed by atoms with E-state index in [1.165, 1.54) is 32.1 Å². The molecule has 0 fully saturated rings. The van der Waals surface area contributed by atoms with Crippen LogP contribution in [0.2, 0.25) is 0 Å². The molecule has 0 bridgehead atoms. The molecule has 0 aromatic carbocycles.